The van der Waals surface area contributed by atoms with Crippen molar-refractivity contribution in [1.82, 2.24) is 5.32 Å². The Balaban J connectivity index is 3.17. The van der Waals surface area contributed by atoms with Gasteiger partial charge in [-0.1, -0.05) is 6.42 Å². The Kier molecular flexibility index (Phi) is 10.5. The molecule has 0 aliphatic rings. The summed E-state index contributed by atoms with van der Waals surface area (Å²) in [7, 11) is 0. The molecule has 4 heteroatoms. The molecule has 1 amide bonds. The average molecular weight is 230 g/mol. The van der Waals surface area contributed by atoms with Crippen molar-refractivity contribution in [2.24, 2.45) is 5.73 Å². The summed E-state index contributed by atoms with van der Waals surface area (Å²) in [6.45, 7) is 6.16. The lowest BCUT2D eigenvalue weighted by atomic mass is 10.2. The maximum atomic E-state index is 11.3. The Morgan fingerprint density at radius 1 is 1.25 bits per heavy atom. The molecule has 0 heterocycles. The molecule has 0 saturated heterocycles. The van der Waals surface area contributed by atoms with Gasteiger partial charge in [-0.3, -0.25) is 4.79 Å². The lowest BCUT2D eigenvalue weighted by Crippen LogP contribution is -2.25. The third-order valence-corrected chi connectivity index (χ3v) is 2.20. The van der Waals surface area contributed by atoms with Crippen LogP contribution in [0, 0.1) is 0 Å². The van der Waals surface area contributed by atoms with E-state index in [1.807, 2.05) is 13.8 Å². The van der Waals surface area contributed by atoms with Crippen LogP contribution in [0.4, 0.5) is 0 Å². The number of carbonyl (C=O) groups is 1. The van der Waals surface area contributed by atoms with Gasteiger partial charge in [-0.15, -0.1) is 0 Å². The van der Waals surface area contributed by atoms with E-state index < -0.39 is 0 Å². The van der Waals surface area contributed by atoms with Gasteiger partial charge in [0.15, 0.2) is 0 Å². The summed E-state index contributed by atoms with van der Waals surface area (Å²) in [6, 6.07) is 0. The van der Waals surface area contributed by atoms with Crippen molar-refractivity contribution in [3.05, 3.63) is 0 Å². The Bertz CT molecular complexity index is 172. The number of amides is 1. The monoisotopic (exact) mass is 230 g/mol. The normalized spacial score (nSPS) is 10.8. The van der Waals surface area contributed by atoms with Gasteiger partial charge in [-0.25, -0.2) is 0 Å². The third-order valence-electron chi connectivity index (χ3n) is 2.20. The number of hydrogen-bond acceptors (Lipinski definition) is 3. The van der Waals surface area contributed by atoms with Crippen molar-refractivity contribution < 1.29 is 9.53 Å². The fourth-order valence-corrected chi connectivity index (χ4v) is 1.31. The Morgan fingerprint density at radius 2 is 2.00 bits per heavy atom. The van der Waals surface area contributed by atoms with Crippen LogP contribution in [0.2, 0.25) is 0 Å². The Labute approximate surface area is 98.9 Å². The minimum absolute atomic E-state index is 0.140. The van der Waals surface area contributed by atoms with Crippen LogP contribution in [0.25, 0.3) is 0 Å². The molecule has 0 aromatic rings. The smallest absolute Gasteiger partial charge is 0.219 e. The zero-order chi connectivity index (χ0) is 12.2. The standard InChI is InChI=1S/C12H26N2O2/c1-11(2)16-10-6-9-14-12(15)7-4-3-5-8-13/h11H,3-10,13H2,1-2H3,(H,14,15). The summed E-state index contributed by atoms with van der Waals surface area (Å²) < 4.78 is 5.37. The van der Waals surface area contributed by atoms with Gasteiger partial charge in [0, 0.05) is 19.6 Å². The van der Waals surface area contributed by atoms with Crippen molar-refractivity contribution in [2.45, 2.75) is 52.1 Å². The third kappa shape index (κ3) is 11.5. The second kappa shape index (κ2) is 10.9. The van der Waals surface area contributed by atoms with Crippen LogP contribution >= 0.6 is 0 Å². The molecule has 0 spiro atoms. The van der Waals surface area contributed by atoms with E-state index in [-0.39, 0.29) is 12.0 Å². The zero-order valence-electron chi connectivity index (χ0n) is 10.6. The lowest BCUT2D eigenvalue weighted by Gasteiger charge is -2.08. The van der Waals surface area contributed by atoms with Crippen LogP contribution in [-0.2, 0) is 9.53 Å². The van der Waals surface area contributed by atoms with Crippen molar-refractivity contribution in [1.29, 1.82) is 0 Å². The second-order valence-corrected chi connectivity index (χ2v) is 4.22. The molecule has 0 atom stereocenters. The number of nitrogens with two attached hydrogens (primary N) is 1. The molecule has 0 aliphatic heterocycles. The second-order valence-electron chi connectivity index (χ2n) is 4.22. The first-order valence-corrected chi connectivity index (χ1v) is 6.25. The van der Waals surface area contributed by atoms with Gasteiger partial charge in [0.1, 0.15) is 0 Å². The topological polar surface area (TPSA) is 64.3 Å². The van der Waals surface area contributed by atoms with E-state index >= 15 is 0 Å². The van der Waals surface area contributed by atoms with E-state index in [4.69, 9.17) is 10.5 Å². The minimum Gasteiger partial charge on any atom is -0.379 e. The molecular weight excluding hydrogens is 204 g/mol. The fourth-order valence-electron chi connectivity index (χ4n) is 1.31. The molecule has 0 rings (SSSR count). The van der Waals surface area contributed by atoms with Crippen LogP contribution in [0.1, 0.15) is 46.0 Å². The zero-order valence-corrected chi connectivity index (χ0v) is 10.6. The Morgan fingerprint density at radius 3 is 2.62 bits per heavy atom. The average Bonchev–Trinajstić information content (AvgIpc) is 2.23. The molecule has 0 bridgehead atoms. The summed E-state index contributed by atoms with van der Waals surface area (Å²) >= 11 is 0. The van der Waals surface area contributed by atoms with Gasteiger partial charge in [0.2, 0.25) is 5.91 Å². The molecule has 0 aromatic carbocycles. The maximum Gasteiger partial charge on any atom is 0.219 e. The molecule has 0 aromatic heterocycles. The Hall–Kier alpha value is -0.610. The van der Waals surface area contributed by atoms with Crippen molar-refractivity contribution in [3.8, 4) is 0 Å². The highest BCUT2D eigenvalue weighted by atomic mass is 16.5. The van der Waals surface area contributed by atoms with Gasteiger partial charge in [0.25, 0.3) is 0 Å². The fraction of sp³-hybridized carbons (Fsp3) is 0.917. The molecule has 0 fully saturated rings. The largest absolute Gasteiger partial charge is 0.379 e. The highest BCUT2D eigenvalue weighted by molar-refractivity contribution is 5.75. The van der Waals surface area contributed by atoms with Crippen molar-refractivity contribution in [2.75, 3.05) is 19.7 Å². The maximum absolute atomic E-state index is 11.3. The predicted molar refractivity (Wildman–Crippen MR) is 66.2 cm³/mol. The summed E-state index contributed by atoms with van der Waals surface area (Å²) in [6.07, 6.45) is 4.76. The highest BCUT2D eigenvalue weighted by Crippen LogP contribution is 1.98. The molecule has 3 N–H and O–H groups in total. The number of nitrogens with one attached hydrogen (secondary N) is 1. The predicted octanol–water partition coefficient (Wildman–Crippen LogP) is 1.44. The number of hydrogen-bond donors (Lipinski definition) is 2. The van der Waals surface area contributed by atoms with Crippen molar-refractivity contribution >= 4 is 5.91 Å². The number of ether oxygens (including phenoxy) is 1. The van der Waals surface area contributed by atoms with E-state index in [0.29, 0.717) is 26.1 Å². The molecule has 16 heavy (non-hydrogen) atoms. The highest BCUT2D eigenvalue weighted by Gasteiger charge is 2.00. The van der Waals surface area contributed by atoms with Gasteiger partial charge in [0.05, 0.1) is 6.10 Å². The quantitative estimate of drug-likeness (QED) is 0.558. The molecule has 0 aliphatic carbocycles. The molecule has 96 valence electrons. The first kappa shape index (κ1) is 15.4. The first-order chi connectivity index (χ1) is 7.66. The minimum atomic E-state index is 0.140. The van der Waals surface area contributed by atoms with E-state index in [2.05, 4.69) is 5.32 Å². The summed E-state index contributed by atoms with van der Waals surface area (Å²) in [5, 5.41) is 2.88. The van der Waals surface area contributed by atoms with Gasteiger partial charge >= 0.3 is 0 Å². The first-order valence-electron chi connectivity index (χ1n) is 6.25. The number of carbonyl (C=O) groups excluding carboxylic acids is 1. The van der Waals surface area contributed by atoms with E-state index in [1.165, 1.54) is 0 Å². The molecule has 0 radical (unpaired) electrons. The van der Waals surface area contributed by atoms with Crippen molar-refractivity contribution in [3.63, 3.8) is 0 Å². The van der Waals surface area contributed by atoms with Gasteiger partial charge in [-0.2, -0.15) is 0 Å². The van der Waals surface area contributed by atoms with E-state index in [9.17, 15) is 4.79 Å². The van der Waals surface area contributed by atoms with Crippen LogP contribution in [0.5, 0.6) is 0 Å². The van der Waals surface area contributed by atoms with Crippen LogP contribution in [0.15, 0.2) is 0 Å². The summed E-state index contributed by atoms with van der Waals surface area (Å²) in [4.78, 5) is 11.3. The van der Waals surface area contributed by atoms with Crippen LogP contribution in [0.3, 0.4) is 0 Å². The van der Waals surface area contributed by atoms with Gasteiger partial charge < -0.3 is 15.8 Å². The summed E-state index contributed by atoms with van der Waals surface area (Å²) in [5.41, 5.74) is 5.37. The van der Waals surface area contributed by atoms with Crippen LogP contribution < -0.4 is 11.1 Å². The summed E-state index contributed by atoms with van der Waals surface area (Å²) in [5.74, 6) is 0.140. The number of rotatable bonds is 10. The molecular formula is C12H26N2O2. The van der Waals surface area contributed by atoms with Gasteiger partial charge in [-0.05, 0) is 39.7 Å². The van der Waals surface area contributed by atoms with E-state index in [0.717, 1.165) is 25.7 Å². The van der Waals surface area contributed by atoms with E-state index in [1.54, 1.807) is 0 Å². The SMILES string of the molecule is CC(C)OCCCNC(=O)CCCCCN. The lowest BCUT2D eigenvalue weighted by molar-refractivity contribution is -0.121. The molecule has 0 saturated carbocycles. The van der Waals surface area contributed by atoms with Crippen LogP contribution in [-0.4, -0.2) is 31.7 Å². The molecule has 4 nitrogen and oxygen atoms in total. The number of unbranched alkanes of at least 4 members (excludes halogenated alkanes) is 2. The molecule has 0 unspecified atom stereocenters.